The molecule has 0 amide bonds. The van der Waals surface area contributed by atoms with Crippen LogP contribution in [0.15, 0.2) is 24.3 Å². The van der Waals surface area contributed by atoms with Crippen LogP contribution in [0.1, 0.15) is 61.8 Å². The average Bonchev–Trinajstić information content (AvgIpc) is 2.50. The third kappa shape index (κ3) is 8.27. The summed E-state index contributed by atoms with van der Waals surface area (Å²) in [5.74, 6) is 0.225. The first-order valence-electron chi connectivity index (χ1n) is 10.7. The lowest BCUT2D eigenvalue weighted by Crippen LogP contribution is -2.50. The Bertz CT molecular complexity index is 511. The Morgan fingerprint density at radius 2 is 1.32 bits per heavy atom. The van der Waals surface area contributed by atoms with Crippen molar-refractivity contribution in [3.63, 3.8) is 0 Å². The van der Waals surface area contributed by atoms with Crippen LogP contribution < -0.4 is 0 Å². The van der Waals surface area contributed by atoms with Gasteiger partial charge in [0.05, 0.1) is 18.8 Å². The largest absolute Gasteiger partial charge is 0.413 e. The van der Waals surface area contributed by atoms with E-state index < -0.39 is 16.6 Å². The summed E-state index contributed by atoms with van der Waals surface area (Å²) in [5, 5.41) is 9.49. The lowest BCUT2D eigenvalue weighted by molar-refractivity contribution is 0.0588. The standard InChI is InChI=1S/C23H48O3Si2/c1-13-16-20(25-27(9,10)22(3,4)5)19(2)21(17-14-15-18-24)26-28(11,12)23(6,7)8/h13-16,19-21,24H,17-18H2,1-12H3/b15-14+,16-13+/t19-,20+,21-/m0/s1. The molecule has 0 aliphatic heterocycles. The lowest BCUT2D eigenvalue weighted by Gasteiger charge is -2.44. The molecule has 0 spiro atoms. The van der Waals surface area contributed by atoms with Crippen LogP contribution in [0.4, 0.5) is 0 Å². The first-order chi connectivity index (χ1) is 12.5. The fourth-order valence-electron chi connectivity index (χ4n) is 2.47. The van der Waals surface area contributed by atoms with Crippen molar-refractivity contribution in [3.05, 3.63) is 24.3 Å². The summed E-state index contributed by atoms with van der Waals surface area (Å²) in [6.45, 7) is 27.3. The van der Waals surface area contributed by atoms with Gasteiger partial charge in [0, 0.05) is 5.92 Å². The number of aliphatic hydroxyl groups is 1. The molecule has 0 aromatic heterocycles. The van der Waals surface area contributed by atoms with Crippen LogP contribution in [0.5, 0.6) is 0 Å². The molecule has 0 rings (SSSR count). The summed E-state index contributed by atoms with van der Waals surface area (Å²) >= 11 is 0. The molecule has 0 bridgehead atoms. The molecule has 3 nitrogen and oxygen atoms in total. The predicted octanol–water partition coefficient (Wildman–Crippen LogP) is 6.92. The molecular weight excluding hydrogens is 380 g/mol. The highest BCUT2D eigenvalue weighted by Crippen LogP contribution is 2.41. The zero-order valence-electron chi connectivity index (χ0n) is 20.7. The van der Waals surface area contributed by atoms with E-state index in [0.717, 1.165) is 6.42 Å². The molecule has 0 aliphatic rings. The normalized spacial score (nSPS) is 18.0. The van der Waals surface area contributed by atoms with E-state index in [-0.39, 0.29) is 34.8 Å². The summed E-state index contributed by atoms with van der Waals surface area (Å²) in [6, 6.07) is 0. The van der Waals surface area contributed by atoms with Crippen molar-refractivity contribution in [1.82, 2.24) is 0 Å². The quantitative estimate of drug-likeness (QED) is 0.303. The minimum Gasteiger partial charge on any atom is -0.413 e. The van der Waals surface area contributed by atoms with Gasteiger partial charge in [0.15, 0.2) is 16.6 Å². The molecular formula is C23H48O3Si2. The van der Waals surface area contributed by atoms with Crippen LogP contribution in [0.25, 0.3) is 0 Å². The Morgan fingerprint density at radius 3 is 1.71 bits per heavy atom. The second kappa shape index (κ2) is 10.7. The molecule has 0 saturated carbocycles. The number of hydrogen-bond acceptors (Lipinski definition) is 3. The van der Waals surface area contributed by atoms with E-state index in [1.165, 1.54) is 0 Å². The number of aliphatic hydroxyl groups excluding tert-OH is 1. The van der Waals surface area contributed by atoms with Crippen LogP contribution >= 0.6 is 0 Å². The lowest BCUT2D eigenvalue weighted by atomic mass is 9.95. The van der Waals surface area contributed by atoms with Crippen molar-refractivity contribution in [3.8, 4) is 0 Å². The topological polar surface area (TPSA) is 38.7 Å². The van der Waals surface area contributed by atoms with Crippen molar-refractivity contribution in [2.75, 3.05) is 6.61 Å². The molecule has 0 aliphatic carbocycles. The molecule has 0 saturated heterocycles. The summed E-state index contributed by atoms with van der Waals surface area (Å²) in [7, 11) is -3.82. The van der Waals surface area contributed by atoms with Crippen LogP contribution in [0.3, 0.4) is 0 Å². The van der Waals surface area contributed by atoms with Gasteiger partial charge in [-0.05, 0) is 49.6 Å². The maximum absolute atomic E-state index is 9.17. The Kier molecular flexibility index (Phi) is 10.6. The molecule has 0 unspecified atom stereocenters. The first kappa shape index (κ1) is 27.8. The Hall–Kier alpha value is -0.206. The Morgan fingerprint density at radius 1 is 0.857 bits per heavy atom. The Balaban J connectivity index is 5.77. The van der Waals surface area contributed by atoms with Crippen LogP contribution in [-0.4, -0.2) is 40.6 Å². The van der Waals surface area contributed by atoms with Gasteiger partial charge in [-0.25, -0.2) is 0 Å². The minimum atomic E-state index is -1.92. The molecule has 166 valence electrons. The van der Waals surface area contributed by atoms with Gasteiger partial charge in [-0.2, -0.15) is 0 Å². The molecule has 0 fully saturated rings. The Labute approximate surface area is 177 Å². The predicted molar refractivity (Wildman–Crippen MR) is 129 cm³/mol. The maximum atomic E-state index is 9.17. The van der Waals surface area contributed by atoms with Gasteiger partial charge < -0.3 is 14.0 Å². The van der Waals surface area contributed by atoms with E-state index in [1.807, 2.05) is 12.2 Å². The summed E-state index contributed by atoms with van der Waals surface area (Å²) in [6.07, 6.45) is 9.05. The van der Waals surface area contributed by atoms with E-state index in [4.69, 9.17) is 14.0 Å². The van der Waals surface area contributed by atoms with E-state index in [9.17, 15) is 0 Å². The smallest absolute Gasteiger partial charge is 0.192 e. The summed E-state index contributed by atoms with van der Waals surface area (Å²) in [5.41, 5.74) is 0. The van der Waals surface area contributed by atoms with E-state index in [2.05, 4.69) is 93.7 Å². The van der Waals surface area contributed by atoms with Crippen LogP contribution in [0, 0.1) is 5.92 Å². The fourth-order valence-corrected chi connectivity index (χ4v) is 5.22. The third-order valence-corrected chi connectivity index (χ3v) is 15.6. The van der Waals surface area contributed by atoms with Crippen molar-refractivity contribution in [1.29, 1.82) is 0 Å². The zero-order valence-corrected chi connectivity index (χ0v) is 22.7. The van der Waals surface area contributed by atoms with E-state index >= 15 is 0 Å². The van der Waals surface area contributed by atoms with Gasteiger partial charge in [0.2, 0.25) is 0 Å². The van der Waals surface area contributed by atoms with Crippen molar-refractivity contribution < 1.29 is 14.0 Å². The van der Waals surface area contributed by atoms with Crippen molar-refractivity contribution >= 4 is 16.6 Å². The monoisotopic (exact) mass is 428 g/mol. The first-order valence-corrected chi connectivity index (χ1v) is 16.6. The van der Waals surface area contributed by atoms with Gasteiger partial charge >= 0.3 is 0 Å². The average molecular weight is 429 g/mol. The SMILES string of the molecule is C/C=C/[C@@H](O[Si](C)(C)C(C)(C)C)[C@H](C)[C@H](C/C=C/CO)O[Si](C)(C)C(C)(C)C. The summed E-state index contributed by atoms with van der Waals surface area (Å²) in [4.78, 5) is 0. The van der Waals surface area contributed by atoms with Crippen molar-refractivity contribution in [2.45, 2.75) is 110 Å². The van der Waals surface area contributed by atoms with Gasteiger partial charge in [-0.3, -0.25) is 0 Å². The third-order valence-electron chi connectivity index (χ3n) is 6.62. The fraction of sp³-hybridized carbons (Fsp3) is 0.826. The molecule has 0 aromatic rings. The molecule has 5 heteroatoms. The number of rotatable bonds is 10. The van der Waals surface area contributed by atoms with E-state index in [1.54, 1.807) is 0 Å². The van der Waals surface area contributed by atoms with E-state index in [0.29, 0.717) is 0 Å². The number of hydrogen-bond donors (Lipinski definition) is 1. The molecule has 0 radical (unpaired) electrons. The molecule has 0 aromatic carbocycles. The minimum absolute atomic E-state index is 0.0307. The highest BCUT2D eigenvalue weighted by Gasteiger charge is 2.43. The maximum Gasteiger partial charge on any atom is 0.192 e. The van der Waals surface area contributed by atoms with Crippen LogP contribution in [0.2, 0.25) is 36.3 Å². The molecule has 28 heavy (non-hydrogen) atoms. The van der Waals surface area contributed by atoms with Crippen LogP contribution in [-0.2, 0) is 8.85 Å². The number of allylic oxidation sites excluding steroid dienone is 1. The van der Waals surface area contributed by atoms with Gasteiger partial charge in [0.25, 0.3) is 0 Å². The molecule has 0 heterocycles. The van der Waals surface area contributed by atoms with Gasteiger partial charge in [-0.15, -0.1) is 0 Å². The van der Waals surface area contributed by atoms with Crippen molar-refractivity contribution in [2.24, 2.45) is 5.92 Å². The second-order valence-corrected chi connectivity index (χ2v) is 20.5. The highest BCUT2D eigenvalue weighted by atomic mass is 28.4. The zero-order chi connectivity index (χ0) is 22.4. The van der Waals surface area contributed by atoms with Gasteiger partial charge in [0.1, 0.15) is 0 Å². The molecule has 3 atom stereocenters. The van der Waals surface area contributed by atoms with Gasteiger partial charge in [-0.1, -0.05) is 72.8 Å². The highest BCUT2D eigenvalue weighted by molar-refractivity contribution is 6.74. The summed E-state index contributed by atoms with van der Waals surface area (Å²) < 4.78 is 13.7. The molecule has 1 N–H and O–H groups in total. The second-order valence-electron chi connectivity index (χ2n) is 11.0.